The number of carbonyl (C=O) groups excluding carboxylic acids is 1. The van der Waals surface area contributed by atoms with Crippen molar-refractivity contribution in [3.05, 3.63) is 65.2 Å². The van der Waals surface area contributed by atoms with Crippen LogP contribution in [0, 0.1) is 5.92 Å². The molecule has 4 nitrogen and oxygen atoms in total. The largest absolute Gasteiger partial charge is 0.416 e. The summed E-state index contributed by atoms with van der Waals surface area (Å²) in [7, 11) is 0. The Morgan fingerprint density at radius 2 is 1.79 bits per heavy atom. The Bertz CT molecular complexity index is 1020. The molecule has 34 heavy (non-hydrogen) atoms. The Hall–Kier alpha value is -2.54. The zero-order chi connectivity index (χ0) is 23.9. The third kappa shape index (κ3) is 4.54. The number of rotatable bonds is 4. The first-order chi connectivity index (χ1) is 16.3. The summed E-state index contributed by atoms with van der Waals surface area (Å²) in [5, 5.41) is 3.15. The molecule has 3 atom stereocenters. The topological polar surface area (TPSA) is 35.6 Å². The van der Waals surface area contributed by atoms with Gasteiger partial charge in [-0.15, -0.1) is 0 Å². The van der Waals surface area contributed by atoms with Gasteiger partial charge in [0, 0.05) is 31.4 Å². The van der Waals surface area contributed by atoms with Crippen LogP contribution in [-0.2, 0) is 17.4 Å². The number of anilines is 1. The highest BCUT2D eigenvalue weighted by Crippen LogP contribution is 2.40. The van der Waals surface area contributed by atoms with Crippen molar-refractivity contribution in [1.29, 1.82) is 0 Å². The van der Waals surface area contributed by atoms with E-state index in [0.29, 0.717) is 18.0 Å². The van der Waals surface area contributed by atoms with E-state index >= 15 is 0 Å². The molecular formula is C27H32F3N3O. The molecule has 1 amide bonds. The number of fused-ring (bicyclic) bond motifs is 3. The third-order valence-electron chi connectivity index (χ3n) is 7.91. The van der Waals surface area contributed by atoms with Crippen molar-refractivity contribution in [3.63, 3.8) is 0 Å². The summed E-state index contributed by atoms with van der Waals surface area (Å²) in [5.74, 6) is -0.478. The maximum absolute atomic E-state index is 13.6. The van der Waals surface area contributed by atoms with E-state index in [4.69, 9.17) is 0 Å². The van der Waals surface area contributed by atoms with Crippen molar-refractivity contribution in [3.8, 4) is 0 Å². The third-order valence-corrected chi connectivity index (χ3v) is 7.91. The van der Waals surface area contributed by atoms with Crippen molar-refractivity contribution in [2.24, 2.45) is 5.92 Å². The Morgan fingerprint density at radius 3 is 2.50 bits per heavy atom. The van der Waals surface area contributed by atoms with Gasteiger partial charge in [-0.05, 0) is 55.5 Å². The smallest absolute Gasteiger partial charge is 0.365 e. The number of nitrogens with zero attached hydrogens (tertiary/aromatic N) is 2. The second-order valence-electron chi connectivity index (χ2n) is 9.99. The Morgan fingerprint density at radius 1 is 1.06 bits per heavy atom. The van der Waals surface area contributed by atoms with E-state index in [0.717, 1.165) is 30.9 Å². The standard InChI is InChI=1S/C27H32F3N3O/c1-18(19-7-3-2-4-8-19)31-26(34)23-16-20-15-21(27(28,29)30)11-12-24(20)33-14-13-32(17-25(23)33)22-9-5-6-10-22/h2-4,7-8,11-12,15,18,22-23,25H,5-6,9-10,13-14,16-17H2,1H3,(H,31,34)/t18-,23-,25+/m0/s1. The fourth-order valence-corrected chi connectivity index (χ4v) is 6.07. The minimum Gasteiger partial charge on any atom is -0.365 e. The number of alkyl halides is 3. The molecule has 0 unspecified atom stereocenters. The van der Waals surface area contributed by atoms with Crippen LogP contribution in [0.5, 0.6) is 0 Å². The van der Waals surface area contributed by atoms with Crippen LogP contribution in [0.1, 0.15) is 55.3 Å². The van der Waals surface area contributed by atoms with Gasteiger partial charge in [0.25, 0.3) is 0 Å². The summed E-state index contributed by atoms with van der Waals surface area (Å²) in [6.45, 7) is 4.35. The number of hydrogen-bond donors (Lipinski definition) is 1. The lowest BCUT2D eigenvalue weighted by Crippen LogP contribution is -2.62. The Kier molecular flexibility index (Phi) is 6.32. The fourth-order valence-electron chi connectivity index (χ4n) is 6.07. The van der Waals surface area contributed by atoms with E-state index in [1.807, 2.05) is 37.3 Å². The highest BCUT2D eigenvalue weighted by molar-refractivity contribution is 5.82. The molecule has 7 heteroatoms. The molecule has 5 rings (SSSR count). The fraction of sp³-hybridized carbons (Fsp3) is 0.519. The number of halogens is 3. The molecule has 1 saturated carbocycles. The van der Waals surface area contributed by atoms with Gasteiger partial charge in [0.2, 0.25) is 5.91 Å². The van der Waals surface area contributed by atoms with Crippen molar-refractivity contribution in [1.82, 2.24) is 10.2 Å². The summed E-state index contributed by atoms with van der Waals surface area (Å²) in [6, 6.07) is 14.2. The molecule has 1 aliphatic carbocycles. The molecule has 0 radical (unpaired) electrons. The molecule has 182 valence electrons. The van der Waals surface area contributed by atoms with Crippen LogP contribution in [0.3, 0.4) is 0 Å². The lowest BCUT2D eigenvalue weighted by molar-refractivity contribution is -0.137. The number of carbonyl (C=O) groups is 1. The second-order valence-corrected chi connectivity index (χ2v) is 9.99. The lowest BCUT2D eigenvalue weighted by atomic mass is 9.82. The van der Waals surface area contributed by atoms with Gasteiger partial charge in [0.05, 0.1) is 23.6 Å². The molecule has 1 N–H and O–H groups in total. The van der Waals surface area contributed by atoms with E-state index < -0.39 is 17.7 Å². The molecule has 2 aliphatic heterocycles. The first-order valence-corrected chi connectivity index (χ1v) is 12.4. The predicted octanol–water partition coefficient (Wildman–Crippen LogP) is 5.19. The highest BCUT2D eigenvalue weighted by atomic mass is 19.4. The highest BCUT2D eigenvalue weighted by Gasteiger charge is 2.44. The van der Waals surface area contributed by atoms with Crippen LogP contribution in [0.2, 0.25) is 0 Å². The normalized spacial score (nSPS) is 24.4. The molecule has 3 aliphatic rings. The van der Waals surface area contributed by atoms with Gasteiger partial charge in [-0.1, -0.05) is 43.2 Å². The van der Waals surface area contributed by atoms with Crippen molar-refractivity contribution in [2.45, 2.75) is 63.3 Å². The zero-order valence-corrected chi connectivity index (χ0v) is 19.5. The SMILES string of the molecule is C[C@H](NC(=O)[C@H]1Cc2cc(C(F)(F)F)ccc2N2CCN(C3CCCC3)C[C@H]12)c1ccccc1. The average Bonchev–Trinajstić information content (AvgIpc) is 3.38. The predicted molar refractivity (Wildman–Crippen MR) is 127 cm³/mol. The van der Waals surface area contributed by atoms with Crippen molar-refractivity contribution >= 4 is 11.6 Å². The maximum atomic E-state index is 13.6. The van der Waals surface area contributed by atoms with Gasteiger partial charge in [-0.2, -0.15) is 13.2 Å². The summed E-state index contributed by atoms with van der Waals surface area (Å²) in [5.41, 5.74) is 1.84. The van der Waals surface area contributed by atoms with Crippen LogP contribution < -0.4 is 10.2 Å². The molecule has 2 fully saturated rings. The zero-order valence-electron chi connectivity index (χ0n) is 19.5. The van der Waals surface area contributed by atoms with Gasteiger partial charge in [0.1, 0.15) is 0 Å². The van der Waals surface area contributed by atoms with Crippen LogP contribution in [0.4, 0.5) is 18.9 Å². The van der Waals surface area contributed by atoms with E-state index in [2.05, 4.69) is 15.1 Å². The number of amides is 1. The quantitative estimate of drug-likeness (QED) is 0.667. The monoisotopic (exact) mass is 471 g/mol. The summed E-state index contributed by atoms with van der Waals surface area (Å²) in [6.07, 6.45) is 0.813. The molecule has 2 heterocycles. The molecule has 0 bridgehead atoms. The van der Waals surface area contributed by atoms with E-state index in [-0.39, 0.29) is 18.0 Å². The van der Waals surface area contributed by atoms with E-state index in [1.165, 1.54) is 37.8 Å². The Balaban J connectivity index is 1.43. The van der Waals surface area contributed by atoms with Crippen LogP contribution in [0.15, 0.2) is 48.5 Å². The van der Waals surface area contributed by atoms with Gasteiger partial charge < -0.3 is 10.2 Å². The van der Waals surface area contributed by atoms with Gasteiger partial charge in [-0.3, -0.25) is 9.69 Å². The first kappa shape index (κ1) is 23.2. The van der Waals surface area contributed by atoms with Gasteiger partial charge in [-0.25, -0.2) is 0 Å². The summed E-state index contributed by atoms with van der Waals surface area (Å²) < 4.78 is 40.3. The van der Waals surface area contributed by atoms with Crippen LogP contribution in [0.25, 0.3) is 0 Å². The van der Waals surface area contributed by atoms with E-state index in [1.54, 1.807) is 6.07 Å². The first-order valence-electron chi connectivity index (χ1n) is 12.4. The number of nitrogens with one attached hydrogen (secondary N) is 1. The van der Waals surface area contributed by atoms with E-state index in [9.17, 15) is 18.0 Å². The van der Waals surface area contributed by atoms with Crippen LogP contribution >= 0.6 is 0 Å². The number of hydrogen-bond acceptors (Lipinski definition) is 3. The number of benzene rings is 2. The molecular weight excluding hydrogens is 439 g/mol. The molecule has 1 saturated heterocycles. The van der Waals surface area contributed by atoms with Gasteiger partial charge in [0.15, 0.2) is 0 Å². The Labute approximate surface area is 199 Å². The molecule has 2 aromatic rings. The van der Waals surface area contributed by atoms with Gasteiger partial charge >= 0.3 is 6.18 Å². The lowest BCUT2D eigenvalue weighted by Gasteiger charge is -2.50. The van der Waals surface area contributed by atoms with Crippen molar-refractivity contribution < 1.29 is 18.0 Å². The molecule has 0 aromatic heterocycles. The molecule has 0 spiro atoms. The second kappa shape index (κ2) is 9.25. The van der Waals surface area contributed by atoms with Crippen molar-refractivity contribution in [2.75, 3.05) is 24.5 Å². The average molecular weight is 472 g/mol. The summed E-state index contributed by atoms with van der Waals surface area (Å²) in [4.78, 5) is 18.3. The minimum atomic E-state index is -4.40. The minimum absolute atomic E-state index is 0.0402. The summed E-state index contributed by atoms with van der Waals surface area (Å²) >= 11 is 0. The van der Waals surface area contributed by atoms with Crippen LogP contribution in [-0.4, -0.2) is 42.5 Å². The number of piperazine rings is 1. The molecule has 2 aromatic carbocycles. The maximum Gasteiger partial charge on any atom is 0.416 e.